The number of rotatable bonds is 0. The SMILES string of the molecule is FC(F)(F)C1CCCc2ncnc(Cl)c21. The van der Waals surface area contributed by atoms with E-state index in [1.54, 1.807) is 0 Å². The van der Waals surface area contributed by atoms with Crippen molar-refractivity contribution < 1.29 is 13.2 Å². The van der Waals surface area contributed by atoms with Gasteiger partial charge in [-0.2, -0.15) is 13.2 Å². The molecule has 6 heteroatoms. The second-order valence-corrected chi connectivity index (χ2v) is 3.87. The summed E-state index contributed by atoms with van der Waals surface area (Å²) in [5.41, 5.74) is 0.501. The molecule has 0 aliphatic heterocycles. The molecule has 1 atom stereocenters. The van der Waals surface area contributed by atoms with Gasteiger partial charge in [0.05, 0.1) is 5.92 Å². The fourth-order valence-electron chi connectivity index (χ4n) is 1.90. The van der Waals surface area contributed by atoms with Crippen LogP contribution in [-0.2, 0) is 6.42 Å². The molecule has 0 saturated heterocycles. The molecular weight excluding hydrogens is 229 g/mol. The minimum atomic E-state index is -4.26. The van der Waals surface area contributed by atoms with Crippen molar-refractivity contribution in [3.63, 3.8) is 0 Å². The topological polar surface area (TPSA) is 25.8 Å². The van der Waals surface area contributed by atoms with Gasteiger partial charge in [0.2, 0.25) is 0 Å². The second-order valence-electron chi connectivity index (χ2n) is 3.51. The Kier molecular flexibility index (Phi) is 2.58. The standard InChI is InChI=1S/C9H8ClF3N2/c10-8-7-5(9(11,12)13)2-1-3-6(7)14-4-15-8/h4-5H,1-3H2. The molecule has 82 valence electrons. The molecule has 0 spiro atoms. The number of halogens is 4. The zero-order chi connectivity index (χ0) is 11.1. The molecule has 0 amide bonds. The first kappa shape index (κ1) is 10.7. The highest BCUT2D eigenvalue weighted by Crippen LogP contribution is 2.44. The van der Waals surface area contributed by atoms with E-state index in [1.165, 1.54) is 6.33 Å². The number of hydrogen-bond donors (Lipinski definition) is 0. The van der Waals surface area contributed by atoms with Gasteiger partial charge in [-0.1, -0.05) is 11.6 Å². The van der Waals surface area contributed by atoms with Crippen LogP contribution in [0.3, 0.4) is 0 Å². The maximum Gasteiger partial charge on any atom is 0.395 e. The summed E-state index contributed by atoms with van der Waals surface area (Å²) in [6.45, 7) is 0. The van der Waals surface area contributed by atoms with Crippen molar-refractivity contribution in [2.75, 3.05) is 0 Å². The van der Waals surface area contributed by atoms with Crippen LogP contribution in [0.5, 0.6) is 0 Å². The molecule has 0 N–H and O–H groups in total. The molecule has 0 aromatic carbocycles. The summed E-state index contributed by atoms with van der Waals surface area (Å²) < 4.78 is 38.1. The lowest BCUT2D eigenvalue weighted by molar-refractivity contribution is -0.153. The average molecular weight is 237 g/mol. The molecule has 2 rings (SSSR count). The van der Waals surface area contributed by atoms with E-state index in [0.717, 1.165) is 0 Å². The van der Waals surface area contributed by atoms with Crippen molar-refractivity contribution in [1.82, 2.24) is 9.97 Å². The van der Waals surface area contributed by atoms with Crippen molar-refractivity contribution in [2.24, 2.45) is 0 Å². The van der Waals surface area contributed by atoms with Crippen molar-refractivity contribution in [3.8, 4) is 0 Å². The van der Waals surface area contributed by atoms with Gasteiger partial charge in [-0.25, -0.2) is 9.97 Å². The van der Waals surface area contributed by atoms with Crippen molar-refractivity contribution in [3.05, 3.63) is 22.7 Å². The highest BCUT2D eigenvalue weighted by Gasteiger charge is 2.44. The zero-order valence-corrected chi connectivity index (χ0v) is 8.44. The van der Waals surface area contributed by atoms with E-state index in [4.69, 9.17) is 11.6 Å². The minimum Gasteiger partial charge on any atom is -0.241 e. The van der Waals surface area contributed by atoms with Crippen molar-refractivity contribution in [1.29, 1.82) is 0 Å². The number of fused-ring (bicyclic) bond motifs is 1. The van der Waals surface area contributed by atoms with Gasteiger partial charge in [-0.15, -0.1) is 0 Å². The Morgan fingerprint density at radius 3 is 2.73 bits per heavy atom. The fourth-order valence-corrected chi connectivity index (χ4v) is 2.18. The maximum absolute atomic E-state index is 12.7. The molecule has 1 unspecified atom stereocenters. The summed E-state index contributed by atoms with van der Waals surface area (Å²) in [4.78, 5) is 7.46. The molecule has 1 aliphatic carbocycles. The highest BCUT2D eigenvalue weighted by atomic mass is 35.5. The molecule has 0 fully saturated rings. The Morgan fingerprint density at radius 2 is 2.07 bits per heavy atom. The molecule has 2 nitrogen and oxygen atoms in total. The number of aryl methyl sites for hydroxylation is 1. The van der Waals surface area contributed by atoms with Crippen LogP contribution in [0.1, 0.15) is 30.0 Å². The number of aromatic nitrogens is 2. The molecule has 1 aliphatic rings. The second kappa shape index (κ2) is 3.63. The monoisotopic (exact) mass is 236 g/mol. The molecule has 0 bridgehead atoms. The molecule has 0 radical (unpaired) electrons. The van der Waals surface area contributed by atoms with E-state index >= 15 is 0 Å². The third-order valence-corrected chi connectivity index (χ3v) is 2.87. The van der Waals surface area contributed by atoms with Crippen molar-refractivity contribution >= 4 is 11.6 Å². The highest BCUT2D eigenvalue weighted by molar-refractivity contribution is 6.30. The molecule has 15 heavy (non-hydrogen) atoms. The molecule has 1 heterocycles. The summed E-state index contributed by atoms with van der Waals surface area (Å²) in [5.74, 6) is -1.50. The Hall–Kier alpha value is -0.840. The third-order valence-electron chi connectivity index (χ3n) is 2.57. The van der Waals surface area contributed by atoms with Crippen molar-refractivity contribution in [2.45, 2.75) is 31.4 Å². The largest absolute Gasteiger partial charge is 0.395 e. The summed E-state index contributed by atoms with van der Waals surface area (Å²) in [6.07, 6.45) is -1.94. The molecule has 0 saturated carbocycles. The number of nitrogens with zero attached hydrogens (tertiary/aromatic N) is 2. The van der Waals surface area contributed by atoms with Gasteiger partial charge in [-0.05, 0) is 19.3 Å². The predicted octanol–water partition coefficient (Wildman–Crippen LogP) is 3.11. The van der Waals surface area contributed by atoms with Crippen LogP contribution in [0, 0.1) is 0 Å². The Morgan fingerprint density at radius 1 is 1.33 bits per heavy atom. The van der Waals surface area contributed by atoms with E-state index in [-0.39, 0.29) is 17.1 Å². The van der Waals surface area contributed by atoms with Gasteiger partial charge in [0, 0.05) is 11.3 Å². The quantitative estimate of drug-likeness (QED) is 0.647. The zero-order valence-electron chi connectivity index (χ0n) is 7.68. The first-order valence-electron chi connectivity index (χ1n) is 4.56. The third kappa shape index (κ3) is 1.93. The lowest BCUT2D eigenvalue weighted by atomic mass is 9.86. The van der Waals surface area contributed by atoms with Gasteiger partial charge in [0.1, 0.15) is 11.5 Å². The number of alkyl halides is 3. The van der Waals surface area contributed by atoms with Gasteiger partial charge in [0.25, 0.3) is 0 Å². The summed E-state index contributed by atoms with van der Waals surface area (Å²) in [5, 5.41) is -0.0676. The fraction of sp³-hybridized carbons (Fsp3) is 0.556. The van der Waals surface area contributed by atoms with Gasteiger partial charge in [-0.3, -0.25) is 0 Å². The minimum absolute atomic E-state index is 0.0675. The predicted molar refractivity (Wildman–Crippen MR) is 48.8 cm³/mol. The van der Waals surface area contributed by atoms with E-state index in [2.05, 4.69) is 9.97 Å². The lowest BCUT2D eigenvalue weighted by Crippen LogP contribution is -2.26. The first-order valence-corrected chi connectivity index (χ1v) is 4.94. The maximum atomic E-state index is 12.7. The molecule has 1 aromatic heterocycles. The Bertz CT molecular complexity index is 378. The summed E-state index contributed by atoms with van der Waals surface area (Å²) >= 11 is 5.69. The van der Waals surface area contributed by atoms with Crippen LogP contribution in [0.2, 0.25) is 5.15 Å². The lowest BCUT2D eigenvalue weighted by Gasteiger charge is -2.26. The normalized spacial score (nSPS) is 21.2. The van der Waals surface area contributed by atoms with Gasteiger partial charge in [0.15, 0.2) is 0 Å². The summed E-state index contributed by atoms with van der Waals surface area (Å²) in [6, 6.07) is 0. The van der Waals surface area contributed by atoms with Gasteiger partial charge >= 0.3 is 6.18 Å². The van der Waals surface area contributed by atoms with Crippen LogP contribution in [0.15, 0.2) is 6.33 Å². The Labute approximate surface area is 89.5 Å². The Balaban J connectivity index is 2.50. The van der Waals surface area contributed by atoms with E-state index < -0.39 is 12.1 Å². The molecule has 1 aromatic rings. The molecular formula is C9H8ClF3N2. The van der Waals surface area contributed by atoms with Gasteiger partial charge < -0.3 is 0 Å². The average Bonchev–Trinajstić information content (AvgIpc) is 2.16. The van der Waals surface area contributed by atoms with Crippen LogP contribution in [-0.4, -0.2) is 16.1 Å². The smallest absolute Gasteiger partial charge is 0.241 e. The van der Waals surface area contributed by atoms with E-state index in [9.17, 15) is 13.2 Å². The summed E-state index contributed by atoms with van der Waals surface area (Å²) in [7, 11) is 0. The van der Waals surface area contributed by atoms with Crippen LogP contribution >= 0.6 is 11.6 Å². The van der Waals surface area contributed by atoms with Crippen LogP contribution < -0.4 is 0 Å². The van der Waals surface area contributed by atoms with Crippen LogP contribution in [0.25, 0.3) is 0 Å². The van der Waals surface area contributed by atoms with Crippen LogP contribution in [0.4, 0.5) is 13.2 Å². The first-order chi connectivity index (χ1) is 7.00. The van der Waals surface area contributed by atoms with E-state index in [1.807, 2.05) is 0 Å². The van der Waals surface area contributed by atoms with E-state index in [0.29, 0.717) is 18.5 Å². The number of hydrogen-bond acceptors (Lipinski definition) is 2.